The van der Waals surface area contributed by atoms with Gasteiger partial charge in [0.15, 0.2) is 0 Å². The Labute approximate surface area is 184 Å². The topological polar surface area (TPSA) is 127 Å². The molecule has 2 heterocycles. The van der Waals surface area contributed by atoms with Crippen LogP contribution < -0.4 is 5.56 Å². The maximum absolute atomic E-state index is 13.3. The van der Waals surface area contributed by atoms with Crippen LogP contribution in [0.2, 0.25) is 0 Å². The highest BCUT2D eigenvalue weighted by Gasteiger charge is 2.23. The number of azide groups is 1. The fourth-order valence-electron chi connectivity index (χ4n) is 3.76. The summed E-state index contributed by atoms with van der Waals surface area (Å²) in [7, 11) is 0. The first kappa shape index (κ1) is 21.1. The Morgan fingerprint density at radius 2 is 1.69 bits per heavy atom. The van der Waals surface area contributed by atoms with Crippen molar-refractivity contribution in [2.75, 3.05) is 6.54 Å². The Morgan fingerprint density at radius 1 is 0.969 bits per heavy atom. The van der Waals surface area contributed by atoms with Gasteiger partial charge in [0.05, 0.1) is 11.1 Å². The van der Waals surface area contributed by atoms with E-state index in [0.717, 1.165) is 24.8 Å². The third-order valence-electron chi connectivity index (χ3n) is 5.27. The van der Waals surface area contributed by atoms with Crippen LogP contribution >= 0.6 is 0 Å². The van der Waals surface area contributed by atoms with Crippen LogP contribution in [0.25, 0.3) is 32.6 Å². The van der Waals surface area contributed by atoms with Gasteiger partial charge >= 0.3 is 0 Å². The molecule has 2 aromatic carbocycles. The summed E-state index contributed by atoms with van der Waals surface area (Å²) >= 11 is 0. The van der Waals surface area contributed by atoms with Crippen LogP contribution in [-0.2, 0) is 6.42 Å². The molecule has 0 bridgehead atoms. The number of aromatic amines is 2. The van der Waals surface area contributed by atoms with E-state index in [0.29, 0.717) is 46.6 Å². The molecule has 0 saturated carbocycles. The lowest BCUT2D eigenvalue weighted by Gasteiger charge is -2.05. The fraction of sp³-hybridized carbons (Fsp3) is 0.208. The minimum atomic E-state index is -0.277. The Bertz CT molecular complexity index is 1340. The lowest BCUT2D eigenvalue weighted by molar-refractivity contribution is 0.103. The molecule has 4 aromatic rings. The number of nitrogens with one attached hydrogen (secondary N) is 2. The average Bonchev–Trinajstić information content (AvgIpc) is 3.22. The van der Waals surface area contributed by atoms with E-state index in [1.807, 2.05) is 48.5 Å². The van der Waals surface area contributed by atoms with Crippen LogP contribution in [0.1, 0.15) is 41.1 Å². The molecule has 0 aliphatic heterocycles. The molecule has 0 atom stereocenters. The lowest BCUT2D eigenvalue weighted by atomic mass is 9.98. The zero-order valence-electron chi connectivity index (χ0n) is 17.4. The molecule has 0 unspecified atom stereocenters. The number of aryl methyl sites for hydroxylation is 1. The standard InChI is InChI=1S/C24H22N6O2/c25-30-26-15-9-3-8-14-18-27-23-20(24(32)28-18)19(16-10-4-1-5-11-16)21(29-23)22(31)17-12-6-2-7-13-17/h1-2,4-7,10-13H,3,8-9,14-15H2,(H2,27,28,29,32). The molecule has 0 spiro atoms. The second-order valence-electron chi connectivity index (χ2n) is 7.44. The molecule has 0 radical (unpaired) electrons. The highest BCUT2D eigenvalue weighted by molar-refractivity contribution is 6.16. The first-order chi connectivity index (χ1) is 15.7. The van der Waals surface area contributed by atoms with Gasteiger partial charge in [0.2, 0.25) is 5.78 Å². The van der Waals surface area contributed by atoms with Crippen LogP contribution in [0.3, 0.4) is 0 Å². The van der Waals surface area contributed by atoms with Gasteiger partial charge < -0.3 is 9.97 Å². The second kappa shape index (κ2) is 9.76. The van der Waals surface area contributed by atoms with Gasteiger partial charge in [-0.25, -0.2) is 4.98 Å². The van der Waals surface area contributed by atoms with Crippen molar-refractivity contribution in [2.24, 2.45) is 5.11 Å². The molecule has 32 heavy (non-hydrogen) atoms. The molecule has 4 rings (SSSR count). The monoisotopic (exact) mass is 426 g/mol. The predicted octanol–water partition coefficient (Wildman–Crippen LogP) is 5.17. The maximum atomic E-state index is 13.3. The van der Waals surface area contributed by atoms with Gasteiger partial charge in [-0.3, -0.25) is 9.59 Å². The summed E-state index contributed by atoms with van der Waals surface area (Å²) in [4.78, 5) is 39.7. The number of carbonyl (C=O) groups excluding carboxylic acids is 1. The number of unbranched alkanes of at least 4 members (excludes halogenated alkanes) is 2. The largest absolute Gasteiger partial charge is 0.336 e. The van der Waals surface area contributed by atoms with E-state index in [4.69, 9.17) is 5.53 Å². The Hall–Kier alpha value is -4.16. The number of hydrogen-bond acceptors (Lipinski definition) is 4. The number of rotatable bonds is 9. The van der Waals surface area contributed by atoms with Gasteiger partial charge in [-0.15, -0.1) is 0 Å². The third-order valence-corrected chi connectivity index (χ3v) is 5.27. The number of hydrogen-bond donors (Lipinski definition) is 2. The summed E-state index contributed by atoms with van der Waals surface area (Å²) in [5.41, 5.74) is 10.7. The van der Waals surface area contributed by atoms with E-state index in [1.54, 1.807) is 12.1 Å². The van der Waals surface area contributed by atoms with Gasteiger partial charge in [0.25, 0.3) is 5.56 Å². The van der Waals surface area contributed by atoms with Crippen molar-refractivity contribution < 1.29 is 4.79 Å². The zero-order chi connectivity index (χ0) is 22.3. The SMILES string of the molecule is [N-]=[N+]=NCCCCCc1nc2[nH]c(C(=O)c3ccccc3)c(-c3ccccc3)c2c(=O)[nH]1. The molecule has 2 aromatic heterocycles. The molecular formula is C24H22N6O2. The molecule has 8 heteroatoms. The van der Waals surface area contributed by atoms with E-state index >= 15 is 0 Å². The first-order valence-corrected chi connectivity index (χ1v) is 10.5. The third kappa shape index (κ3) is 4.45. The molecule has 160 valence electrons. The number of nitrogens with zero attached hydrogens (tertiary/aromatic N) is 4. The van der Waals surface area contributed by atoms with Crippen LogP contribution in [0.4, 0.5) is 0 Å². The number of aromatic nitrogens is 3. The van der Waals surface area contributed by atoms with E-state index < -0.39 is 0 Å². The van der Waals surface area contributed by atoms with E-state index in [2.05, 4.69) is 25.0 Å². The van der Waals surface area contributed by atoms with Crippen LogP contribution in [0.5, 0.6) is 0 Å². The van der Waals surface area contributed by atoms with Gasteiger partial charge in [-0.1, -0.05) is 72.2 Å². The van der Waals surface area contributed by atoms with Gasteiger partial charge in [-0.05, 0) is 23.9 Å². The first-order valence-electron chi connectivity index (χ1n) is 10.5. The Morgan fingerprint density at radius 3 is 2.41 bits per heavy atom. The summed E-state index contributed by atoms with van der Waals surface area (Å²) < 4.78 is 0. The Kier molecular flexibility index (Phi) is 6.43. The van der Waals surface area contributed by atoms with Gasteiger partial charge in [-0.2, -0.15) is 0 Å². The number of H-pyrrole nitrogens is 2. The van der Waals surface area contributed by atoms with Gasteiger partial charge in [0.1, 0.15) is 11.5 Å². The normalized spacial score (nSPS) is 10.8. The van der Waals surface area contributed by atoms with E-state index in [-0.39, 0.29) is 11.3 Å². The van der Waals surface area contributed by atoms with E-state index in [9.17, 15) is 9.59 Å². The van der Waals surface area contributed by atoms with Crippen LogP contribution in [-0.4, -0.2) is 27.3 Å². The summed E-state index contributed by atoms with van der Waals surface area (Å²) in [5, 5.41) is 3.90. The number of ketones is 1. The van der Waals surface area contributed by atoms with Crippen LogP contribution in [0.15, 0.2) is 70.6 Å². The van der Waals surface area contributed by atoms with Crippen molar-refractivity contribution in [3.05, 3.63) is 98.5 Å². The predicted molar refractivity (Wildman–Crippen MR) is 124 cm³/mol. The number of fused-ring (bicyclic) bond motifs is 1. The molecule has 0 aliphatic rings. The molecule has 0 aliphatic carbocycles. The smallest absolute Gasteiger partial charge is 0.261 e. The molecular weight excluding hydrogens is 404 g/mol. The molecule has 0 amide bonds. The maximum Gasteiger partial charge on any atom is 0.261 e. The molecule has 2 N–H and O–H groups in total. The quantitative estimate of drug-likeness (QED) is 0.126. The highest BCUT2D eigenvalue weighted by atomic mass is 16.1. The number of benzene rings is 2. The minimum Gasteiger partial charge on any atom is -0.336 e. The molecule has 0 fully saturated rings. The van der Waals surface area contributed by atoms with Crippen molar-refractivity contribution in [1.82, 2.24) is 15.0 Å². The summed E-state index contributed by atoms with van der Waals surface area (Å²) in [6.07, 6.45) is 3.03. The van der Waals surface area contributed by atoms with Gasteiger partial charge in [0, 0.05) is 29.0 Å². The van der Waals surface area contributed by atoms with Crippen molar-refractivity contribution in [2.45, 2.75) is 25.7 Å². The average molecular weight is 426 g/mol. The van der Waals surface area contributed by atoms with Crippen molar-refractivity contribution in [1.29, 1.82) is 0 Å². The summed E-state index contributed by atoms with van der Waals surface area (Å²) in [6, 6.07) is 18.4. The van der Waals surface area contributed by atoms with Crippen molar-refractivity contribution in [3.63, 3.8) is 0 Å². The zero-order valence-corrected chi connectivity index (χ0v) is 17.4. The highest BCUT2D eigenvalue weighted by Crippen LogP contribution is 2.31. The minimum absolute atomic E-state index is 0.193. The molecule has 0 saturated heterocycles. The molecule has 8 nitrogen and oxygen atoms in total. The Balaban J connectivity index is 1.74. The van der Waals surface area contributed by atoms with E-state index in [1.165, 1.54) is 0 Å². The summed E-state index contributed by atoms with van der Waals surface area (Å²) in [6.45, 7) is 0.460. The van der Waals surface area contributed by atoms with Crippen molar-refractivity contribution >= 4 is 16.8 Å². The second-order valence-corrected chi connectivity index (χ2v) is 7.44. The van der Waals surface area contributed by atoms with Crippen molar-refractivity contribution in [3.8, 4) is 11.1 Å². The lowest BCUT2D eigenvalue weighted by Crippen LogP contribution is -2.12. The summed E-state index contributed by atoms with van der Waals surface area (Å²) in [5.74, 6) is 0.368. The number of carbonyl (C=O) groups is 1. The fourth-order valence-corrected chi connectivity index (χ4v) is 3.76. The van der Waals surface area contributed by atoms with Crippen LogP contribution in [0, 0.1) is 0 Å².